The van der Waals surface area contributed by atoms with Gasteiger partial charge in [-0.1, -0.05) is 24.3 Å². The summed E-state index contributed by atoms with van der Waals surface area (Å²) in [4.78, 5) is 23.6. The number of carbonyl (C=O) groups excluding carboxylic acids is 2. The molecule has 0 bridgehead atoms. The third-order valence-corrected chi connectivity index (χ3v) is 3.80. The van der Waals surface area contributed by atoms with Crippen LogP contribution < -0.4 is 10.9 Å². The molecule has 0 unspecified atom stereocenters. The van der Waals surface area contributed by atoms with Crippen LogP contribution in [0, 0.1) is 11.6 Å². The number of hydrazone groups is 2. The summed E-state index contributed by atoms with van der Waals surface area (Å²) >= 11 is 0. The van der Waals surface area contributed by atoms with Crippen LogP contribution in [-0.2, 0) is 9.59 Å². The Morgan fingerprint density at radius 2 is 1.04 bits per heavy atom. The maximum atomic E-state index is 12.9. The quantitative estimate of drug-likeness (QED) is 0.566. The fourth-order valence-corrected chi connectivity index (χ4v) is 2.14. The maximum Gasteiger partial charge on any atom is 0.240 e. The van der Waals surface area contributed by atoms with Crippen LogP contribution in [0.5, 0.6) is 0 Å². The molecule has 2 amide bonds. The van der Waals surface area contributed by atoms with E-state index in [9.17, 15) is 18.4 Å². The summed E-state index contributed by atoms with van der Waals surface area (Å²) in [7, 11) is 0. The lowest BCUT2D eigenvalue weighted by atomic mass is 10.1. The maximum absolute atomic E-state index is 12.9. The average Bonchev–Trinajstić information content (AvgIpc) is 2.69. The molecule has 2 aromatic rings. The van der Waals surface area contributed by atoms with Gasteiger partial charge in [0.05, 0.1) is 11.4 Å². The van der Waals surface area contributed by atoms with Crippen molar-refractivity contribution in [2.45, 2.75) is 26.7 Å². The van der Waals surface area contributed by atoms with Crippen LogP contribution in [0.2, 0.25) is 0 Å². The SMILES string of the molecule is C/C(=N/NC(=O)CCC(=O)N/N=C(/C)c1ccc(F)cc1)c1ccc(F)cc1. The standard InChI is InChI=1S/C20H20F2N4O2/c1-13(15-3-7-17(21)8-4-15)23-25-19(27)11-12-20(28)26-24-14(2)16-5-9-18(22)10-6-16/h3-10H,11-12H2,1-2H3,(H,25,27)(H,26,28)/b23-13-,24-14-. The van der Waals surface area contributed by atoms with Gasteiger partial charge >= 0.3 is 0 Å². The van der Waals surface area contributed by atoms with Crippen LogP contribution >= 0.6 is 0 Å². The van der Waals surface area contributed by atoms with Gasteiger partial charge in [-0.25, -0.2) is 19.6 Å². The van der Waals surface area contributed by atoms with Crippen molar-refractivity contribution in [1.82, 2.24) is 10.9 Å². The van der Waals surface area contributed by atoms with E-state index in [4.69, 9.17) is 0 Å². The number of amides is 2. The zero-order chi connectivity index (χ0) is 20.5. The number of halogens is 2. The Bertz CT molecular complexity index is 816. The van der Waals surface area contributed by atoms with E-state index in [1.807, 2.05) is 0 Å². The molecule has 2 aromatic carbocycles. The Balaban J connectivity index is 1.78. The van der Waals surface area contributed by atoms with Crippen LogP contribution in [0.25, 0.3) is 0 Å². The Morgan fingerprint density at radius 3 is 1.36 bits per heavy atom. The van der Waals surface area contributed by atoms with Crippen LogP contribution in [0.4, 0.5) is 8.78 Å². The van der Waals surface area contributed by atoms with Crippen LogP contribution in [0.15, 0.2) is 58.7 Å². The molecule has 0 aliphatic carbocycles. The molecule has 0 atom stereocenters. The van der Waals surface area contributed by atoms with Crippen molar-refractivity contribution in [2.24, 2.45) is 10.2 Å². The van der Waals surface area contributed by atoms with Gasteiger partial charge in [-0.05, 0) is 49.2 Å². The highest BCUT2D eigenvalue weighted by Crippen LogP contribution is 2.05. The summed E-state index contributed by atoms with van der Waals surface area (Å²) in [6.07, 6.45) is -0.145. The molecule has 0 aliphatic heterocycles. The summed E-state index contributed by atoms with van der Waals surface area (Å²) in [5.41, 5.74) is 7.07. The van der Waals surface area contributed by atoms with Gasteiger partial charge in [0.25, 0.3) is 0 Å². The van der Waals surface area contributed by atoms with E-state index < -0.39 is 11.8 Å². The van der Waals surface area contributed by atoms with E-state index in [1.54, 1.807) is 38.1 Å². The highest BCUT2D eigenvalue weighted by molar-refractivity contribution is 6.00. The first-order chi connectivity index (χ1) is 13.3. The van der Waals surface area contributed by atoms with E-state index in [2.05, 4.69) is 21.1 Å². The largest absolute Gasteiger partial charge is 0.273 e. The first-order valence-electron chi connectivity index (χ1n) is 8.53. The minimum atomic E-state index is -0.434. The molecule has 0 heterocycles. The van der Waals surface area contributed by atoms with Gasteiger partial charge in [-0.2, -0.15) is 10.2 Å². The zero-order valence-electron chi connectivity index (χ0n) is 15.5. The van der Waals surface area contributed by atoms with Crippen LogP contribution in [0.3, 0.4) is 0 Å². The number of benzene rings is 2. The minimum absolute atomic E-state index is 0.0723. The summed E-state index contributed by atoms with van der Waals surface area (Å²) in [6.45, 7) is 3.35. The van der Waals surface area contributed by atoms with Crippen molar-refractivity contribution in [2.75, 3.05) is 0 Å². The van der Waals surface area contributed by atoms with Crippen LogP contribution in [0.1, 0.15) is 37.8 Å². The number of carbonyl (C=O) groups is 2. The second-order valence-electron chi connectivity index (χ2n) is 5.98. The van der Waals surface area contributed by atoms with Crippen molar-refractivity contribution in [3.8, 4) is 0 Å². The highest BCUT2D eigenvalue weighted by Gasteiger charge is 2.07. The van der Waals surface area contributed by atoms with E-state index in [0.717, 1.165) is 0 Å². The summed E-state index contributed by atoms with van der Waals surface area (Å²) in [6, 6.07) is 11.4. The Hall–Kier alpha value is -3.42. The van der Waals surface area contributed by atoms with E-state index in [-0.39, 0.29) is 24.5 Å². The lowest BCUT2D eigenvalue weighted by Crippen LogP contribution is -2.24. The molecule has 0 fully saturated rings. The number of rotatable bonds is 7. The number of hydrogen-bond donors (Lipinski definition) is 2. The predicted octanol–water partition coefficient (Wildman–Crippen LogP) is 3.13. The molecule has 0 saturated carbocycles. The Labute approximate surface area is 161 Å². The van der Waals surface area contributed by atoms with Gasteiger partial charge < -0.3 is 0 Å². The molecule has 8 heteroatoms. The fraction of sp³-hybridized carbons (Fsp3) is 0.200. The molecule has 2 N–H and O–H groups in total. The van der Waals surface area contributed by atoms with E-state index in [1.165, 1.54) is 24.3 Å². The molecular weight excluding hydrogens is 366 g/mol. The van der Waals surface area contributed by atoms with Gasteiger partial charge in [-0.15, -0.1) is 0 Å². The second-order valence-corrected chi connectivity index (χ2v) is 5.98. The summed E-state index contributed by atoms with van der Waals surface area (Å²) in [5, 5.41) is 7.86. The van der Waals surface area contributed by atoms with Crippen molar-refractivity contribution in [3.63, 3.8) is 0 Å². The Morgan fingerprint density at radius 1 is 0.714 bits per heavy atom. The van der Waals surface area contributed by atoms with Crippen molar-refractivity contribution in [3.05, 3.63) is 71.3 Å². The molecule has 0 saturated heterocycles. The molecule has 0 spiro atoms. The van der Waals surface area contributed by atoms with Gasteiger partial charge in [-0.3, -0.25) is 9.59 Å². The minimum Gasteiger partial charge on any atom is -0.273 e. The summed E-state index contributed by atoms with van der Waals surface area (Å²) in [5.74, 6) is -1.58. The normalized spacial score (nSPS) is 11.9. The third kappa shape index (κ3) is 6.71. The molecule has 0 radical (unpaired) electrons. The lowest BCUT2D eigenvalue weighted by molar-refractivity contribution is -0.126. The van der Waals surface area contributed by atoms with Crippen molar-refractivity contribution < 1.29 is 18.4 Å². The van der Waals surface area contributed by atoms with E-state index >= 15 is 0 Å². The van der Waals surface area contributed by atoms with Gasteiger partial charge in [0.1, 0.15) is 11.6 Å². The lowest BCUT2D eigenvalue weighted by Gasteiger charge is -2.04. The molecule has 6 nitrogen and oxygen atoms in total. The average molecular weight is 386 g/mol. The molecule has 0 aromatic heterocycles. The van der Waals surface area contributed by atoms with Gasteiger partial charge in [0.15, 0.2) is 0 Å². The van der Waals surface area contributed by atoms with Gasteiger partial charge in [0.2, 0.25) is 11.8 Å². The molecular formula is C20H20F2N4O2. The topological polar surface area (TPSA) is 82.9 Å². The number of nitrogens with zero attached hydrogens (tertiary/aromatic N) is 2. The first-order valence-corrected chi connectivity index (χ1v) is 8.53. The fourth-order valence-electron chi connectivity index (χ4n) is 2.14. The summed E-state index contributed by atoms with van der Waals surface area (Å²) < 4.78 is 25.8. The number of hydrogen-bond acceptors (Lipinski definition) is 4. The molecule has 2 rings (SSSR count). The number of nitrogens with one attached hydrogen (secondary N) is 2. The Kier molecular flexibility index (Phi) is 7.50. The molecule has 28 heavy (non-hydrogen) atoms. The zero-order valence-corrected chi connectivity index (χ0v) is 15.5. The van der Waals surface area contributed by atoms with Crippen molar-refractivity contribution >= 4 is 23.2 Å². The van der Waals surface area contributed by atoms with Gasteiger partial charge in [0, 0.05) is 12.8 Å². The highest BCUT2D eigenvalue weighted by atomic mass is 19.1. The van der Waals surface area contributed by atoms with E-state index in [0.29, 0.717) is 22.6 Å². The van der Waals surface area contributed by atoms with Crippen LogP contribution in [-0.4, -0.2) is 23.2 Å². The smallest absolute Gasteiger partial charge is 0.240 e. The second kappa shape index (κ2) is 10.1. The predicted molar refractivity (Wildman–Crippen MR) is 103 cm³/mol. The molecule has 0 aliphatic rings. The monoisotopic (exact) mass is 386 g/mol. The first kappa shape index (κ1) is 20.9. The third-order valence-electron chi connectivity index (χ3n) is 3.80. The molecule has 146 valence electrons. The van der Waals surface area contributed by atoms with Crippen molar-refractivity contribution in [1.29, 1.82) is 0 Å².